The van der Waals surface area contributed by atoms with E-state index in [1.165, 1.54) is 12.1 Å². The monoisotopic (exact) mass is 434 g/mol. The zero-order valence-electron chi connectivity index (χ0n) is 17.0. The van der Waals surface area contributed by atoms with Gasteiger partial charge in [0.25, 0.3) is 5.69 Å². The van der Waals surface area contributed by atoms with E-state index in [2.05, 4.69) is 0 Å². The molecule has 1 saturated heterocycles. The number of non-ortho nitro benzene ring substituents is 1. The minimum atomic E-state index is -1.13. The third kappa shape index (κ3) is 4.61. The van der Waals surface area contributed by atoms with Crippen molar-refractivity contribution < 1.29 is 28.7 Å². The molecule has 1 aliphatic rings. The van der Waals surface area contributed by atoms with Crippen molar-refractivity contribution in [2.45, 2.75) is 18.3 Å². The molecule has 1 aliphatic heterocycles. The Labute approximate surface area is 182 Å². The van der Waals surface area contributed by atoms with Crippen LogP contribution < -0.4 is 4.74 Å². The van der Waals surface area contributed by atoms with E-state index in [1.807, 2.05) is 24.3 Å². The number of fused-ring (bicyclic) bond motifs is 1. The lowest BCUT2D eigenvalue weighted by molar-refractivity contribution is -0.384. The van der Waals surface area contributed by atoms with Gasteiger partial charge in [-0.3, -0.25) is 10.1 Å². The fourth-order valence-electron chi connectivity index (χ4n) is 3.33. The lowest BCUT2D eigenvalue weighted by atomic mass is 10.0. The Morgan fingerprint density at radius 2 is 1.88 bits per heavy atom. The van der Waals surface area contributed by atoms with Gasteiger partial charge < -0.3 is 18.9 Å². The van der Waals surface area contributed by atoms with E-state index in [9.17, 15) is 20.2 Å². The van der Waals surface area contributed by atoms with Crippen LogP contribution in [0.25, 0.3) is 10.8 Å². The number of nitriles is 1. The molecule has 0 N–H and O–H groups in total. The largest absolute Gasteiger partial charge is 0.510 e. The van der Waals surface area contributed by atoms with E-state index in [4.69, 9.17) is 18.9 Å². The molecule has 0 spiro atoms. The third-order valence-corrected chi connectivity index (χ3v) is 5.09. The van der Waals surface area contributed by atoms with Crippen LogP contribution in [0, 0.1) is 21.4 Å². The minimum Gasteiger partial charge on any atom is -0.497 e. The average molecular weight is 434 g/mol. The minimum absolute atomic E-state index is 0.0128. The summed E-state index contributed by atoms with van der Waals surface area (Å²) in [6, 6.07) is 18.8. The molecule has 9 heteroatoms. The number of epoxide rings is 1. The van der Waals surface area contributed by atoms with Crippen molar-refractivity contribution in [3.8, 4) is 11.8 Å². The smallest absolute Gasteiger partial charge is 0.497 e. The summed E-state index contributed by atoms with van der Waals surface area (Å²) in [5, 5.41) is 22.0. The molecule has 3 atom stereocenters. The van der Waals surface area contributed by atoms with Crippen LogP contribution in [0.15, 0.2) is 60.7 Å². The maximum absolute atomic E-state index is 12.1. The van der Waals surface area contributed by atoms with Gasteiger partial charge in [-0.2, -0.15) is 5.26 Å². The molecular weight excluding hydrogens is 416 g/mol. The number of hydrogen-bond donors (Lipinski definition) is 0. The van der Waals surface area contributed by atoms with Gasteiger partial charge in [-0.15, -0.1) is 0 Å². The van der Waals surface area contributed by atoms with Crippen LogP contribution in [0.1, 0.15) is 23.3 Å². The van der Waals surface area contributed by atoms with Crippen LogP contribution in [0.5, 0.6) is 5.75 Å². The fraction of sp³-hybridized carbons (Fsp3) is 0.217. The Hall–Kier alpha value is -4.16. The van der Waals surface area contributed by atoms with Crippen molar-refractivity contribution in [1.29, 1.82) is 5.26 Å². The van der Waals surface area contributed by atoms with Gasteiger partial charge in [-0.05, 0) is 46.7 Å². The number of rotatable bonds is 7. The van der Waals surface area contributed by atoms with Crippen LogP contribution in [-0.2, 0) is 14.2 Å². The Morgan fingerprint density at radius 3 is 2.56 bits per heavy atom. The van der Waals surface area contributed by atoms with Crippen molar-refractivity contribution in [2.24, 2.45) is 0 Å². The number of methoxy groups -OCH3 is 1. The summed E-state index contributed by atoms with van der Waals surface area (Å²) in [5.74, 6) is 0.719. The van der Waals surface area contributed by atoms with Crippen molar-refractivity contribution in [1.82, 2.24) is 0 Å². The summed E-state index contributed by atoms with van der Waals surface area (Å²) in [5.41, 5.74) is 1.26. The number of nitro groups is 1. The molecule has 0 aliphatic carbocycles. The van der Waals surface area contributed by atoms with Crippen molar-refractivity contribution in [3.05, 3.63) is 81.9 Å². The summed E-state index contributed by atoms with van der Waals surface area (Å²) in [6.07, 6.45) is -2.79. The molecule has 0 amide bonds. The van der Waals surface area contributed by atoms with Gasteiger partial charge in [-0.25, -0.2) is 4.79 Å². The van der Waals surface area contributed by atoms with E-state index >= 15 is 0 Å². The number of carbonyl (C=O) groups excluding carboxylic acids is 1. The van der Waals surface area contributed by atoms with Gasteiger partial charge in [0.1, 0.15) is 30.6 Å². The number of benzene rings is 3. The molecule has 0 saturated carbocycles. The zero-order chi connectivity index (χ0) is 22.7. The molecule has 4 rings (SSSR count). The first-order valence-electron chi connectivity index (χ1n) is 9.69. The highest BCUT2D eigenvalue weighted by Gasteiger charge is 2.41. The number of carbonyl (C=O) groups is 1. The van der Waals surface area contributed by atoms with Crippen molar-refractivity contribution >= 4 is 22.6 Å². The van der Waals surface area contributed by atoms with Crippen LogP contribution >= 0.6 is 0 Å². The Morgan fingerprint density at radius 1 is 1.16 bits per heavy atom. The standard InChI is InChI=1S/C23H18N2O7/c1-29-19-9-6-15-10-17(3-2-16(15)11-19)20(12-24)32-23(26)30-13-21-22(31-21)14-4-7-18(8-5-14)25(27)28/h2-11,20-22H,13H2,1H3. The number of ether oxygens (including phenoxy) is 4. The van der Waals surface area contributed by atoms with Gasteiger partial charge in [0.05, 0.1) is 12.0 Å². The van der Waals surface area contributed by atoms with Crippen LogP contribution in [-0.4, -0.2) is 30.9 Å². The lowest BCUT2D eigenvalue weighted by Gasteiger charge is -2.12. The van der Waals surface area contributed by atoms with E-state index in [0.29, 0.717) is 5.56 Å². The lowest BCUT2D eigenvalue weighted by Crippen LogP contribution is -2.15. The molecule has 9 nitrogen and oxygen atoms in total. The molecule has 1 heterocycles. The topological polar surface area (TPSA) is 124 Å². The van der Waals surface area contributed by atoms with E-state index in [0.717, 1.165) is 22.1 Å². The number of nitrogens with zero attached hydrogens (tertiary/aromatic N) is 2. The first-order valence-corrected chi connectivity index (χ1v) is 9.69. The SMILES string of the molecule is COc1ccc2cc(C(C#N)OC(=O)OCC3OC3c3ccc([N+](=O)[O-])cc3)ccc2c1. The fourth-order valence-corrected chi connectivity index (χ4v) is 3.33. The zero-order valence-corrected chi connectivity index (χ0v) is 17.0. The summed E-state index contributed by atoms with van der Waals surface area (Å²) in [6.45, 7) is -0.0594. The molecule has 3 aromatic carbocycles. The third-order valence-electron chi connectivity index (χ3n) is 5.09. The number of hydrogen-bond acceptors (Lipinski definition) is 8. The van der Waals surface area contributed by atoms with Crippen LogP contribution in [0.2, 0.25) is 0 Å². The second-order valence-corrected chi connectivity index (χ2v) is 7.10. The first-order chi connectivity index (χ1) is 15.5. The summed E-state index contributed by atoms with van der Waals surface area (Å²) < 4.78 is 20.9. The van der Waals surface area contributed by atoms with Gasteiger partial charge >= 0.3 is 6.16 Å². The Balaban J connectivity index is 1.32. The van der Waals surface area contributed by atoms with Gasteiger partial charge in [0, 0.05) is 17.7 Å². The predicted octanol–water partition coefficient (Wildman–Crippen LogP) is 4.61. The quantitative estimate of drug-likeness (QED) is 0.228. The number of nitro benzene ring substituents is 1. The highest BCUT2D eigenvalue weighted by atomic mass is 16.7. The second kappa shape index (κ2) is 8.91. The van der Waals surface area contributed by atoms with Gasteiger partial charge in [-0.1, -0.05) is 18.2 Å². The molecule has 1 fully saturated rings. The van der Waals surface area contributed by atoms with Crippen LogP contribution in [0.4, 0.5) is 10.5 Å². The second-order valence-electron chi connectivity index (χ2n) is 7.10. The predicted molar refractivity (Wildman–Crippen MR) is 112 cm³/mol. The highest BCUT2D eigenvalue weighted by Crippen LogP contribution is 2.39. The maximum Gasteiger partial charge on any atom is 0.510 e. The van der Waals surface area contributed by atoms with Crippen molar-refractivity contribution in [2.75, 3.05) is 13.7 Å². The molecule has 162 valence electrons. The molecule has 0 radical (unpaired) electrons. The maximum atomic E-state index is 12.1. The average Bonchev–Trinajstić information content (AvgIpc) is 3.60. The summed E-state index contributed by atoms with van der Waals surface area (Å²) >= 11 is 0. The molecular formula is C23H18N2O7. The summed E-state index contributed by atoms with van der Waals surface area (Å²) in [4.78, 5) is 22.3. The van der Waals surface area contributed by atoms with E-state index < -0.39 is 17.2 Å². The Bertz CT molecular complexity index is 1200. The molecule has 0 bridgehead atoms. The molecule has 3 unspecified atom stereocenters. The molecule has 0 aromatic heterocycles. The molecule has 3 aromatic rings. The van der Waals surface area contributed by atoms with Gasteiger partial charge in [0.2, 0.25) is 6.10 Å². The van der Waals surface area contributed by atoms with Gasteiger partial charge in [0.15, 0.2) is 0 Å². The van der Waals surface area contributed by atoms with Crippen LogP contribution in [0.3, 0.4) is 0 Å². The van der Waals surface area contributed by atoms with Crippen molar-refractivity contribution in [3.63, 3.8) is 0 Å². The van der Waals surface area contributed by atoms with E-state index in [1.54, 1.807) is 37.4 Å². The highest BCUT2D eigenvalue weighted by molar-refractivity contribution is 5.84. The normalized spacial score (nSPS) is 17.8. The van der Waals surface area contributed by atoms with E-state index in [-0.39, 0.29) is 24.5 Å². The summed E-state index contributed by atoms with van der Waals surface area (Å²) in [7, 11) is 1.58. The Kier molecular flexibility index (Phi) is 5.87. The first kappa shape index (κ1) is 21.1. The molecule has 32 heavy (non-hydrogen) atoms.